The standard InChI is InChI=1S/C21H17F2N7O.C14H11F2N5.C14H8F2N4.C8H10N2O2/c1-21(2)14-16(24)26-18(27-17(14)28-20(21)31)15-12-7-11(22)8-25-19(12)30(29-15)9-10-5-3-4-6-13(10)23;15-9-5-10-12(13(17)18)20-21(14(10)19-6-9)7-8-3-1-2-4-11(8)16;15-10-5-11-13(6-17)19-20(14(11)18-7-10)8-9-3-1-2-4-12(9)16;1-8(2,7(11)12-4)6(5-9)10-3/h3-8H,9H2,1-2H3,(H3,24,26,27,28,31);1-6H,7H2,(H3,17,18);1-5,7H,8H2;6H,1-2,4H3. The Morgan fingerprint density at radius 2 is 1.20 bits per heavy atom. The lowest BCUT2D eigenvalue weighted by Gasteiger charge is -2.17. The van der Waals surface area contributed by atoms with Crippen molar-refractivity contribution in [3.63, 3.8) is 0 Å². The Hall–Kier alpha value is -11.1. The predicted octanol–water partition coefficient (Wildman–Crippen LogP) is 8.70. The number of nitrogens with one attached hydrogen (secondary N) is 2. The SMILES string of the molecule is CC1(C)C(=O)Nc2nc(-c3nn(Cc4ccccc4F)c4ncc(F)cc34)nc(N)c21.N#Cc1nn(Cc2ccccc2F)c2ncc(F)cc12.N=C(N)c1nn(Cc2ccccc2F)c2ncc(F)cc12.[C-]#[N+]C(C#N)C(C)(C)C(=O)OC. The summed E-state index contributed by atoms with van der Waals surface area (Å²) in [6.45, 7) is 13.5. The Morgan fingerprint density at radius 1 is 0.750 bits per heavy atom. The van der Waals surface area contributed by atoms with Crippen molar-refractivity contribution in [2.24, 2.45) is 11.1 Å². The number of methoxy groups -OCH3 is 1. The third-order valence-electron chi connectivity index (χ3n) is 13.1. The van der Waals surface area contributed by atoms with E-state index in [0.717, 1.165) is 18.6 Å². The summed E-state index contributed by atoms with van der Waals surface area (Å²) in [6, 6.07) is 25.2. The molecule has 1 aliphatic heterocycles. The molecule has 3 aromatic carbocycles. The molecule has 424 valence electrons. The average Bonchev–Trinajstić information content (AvgIpc) is 4.35. The highest BCUT2D eigenvalue weighted by atomic mass is 19.1. The summed E-state index contributed by atoms with van der Waals surface area (Å²) in [5, 5.41) is 41.4. The lowest BCUT2D eigenvalue weighted by molar-refractivity contribution is -0.150. The van der Waals surface area contributed by atoms with E-state index in [1.54, 1.807) is 74.5 Å². The molecule has 0 saturated heterocycles. The summed E-state index contributed by atoms with van der Waals surface area (Å²) in [5.41, 5.74) is 12.9. The minimum Gasteiger partial charge on any atom is -0.468 e. The van der Waals surface area contributed by atoms with Crippen LogP contribution in [0.5, 0.6) is 0 Å². The molecule has 11 rings (SSSR count). The van der Waals surface area contributed by atoms with Crippen LogP contribution in [0.25, 0.3) is 49.5 Å². The number of carbonyl (C=O) groups is 2. The number of anilines is 2. The Labute approximate surface area is 473 Å². The maximum Gasteiger partial charge on any atom is 0.322 e. The Balaban J connectivity index is 0.000000154. The van der Waals surface area contributed by atoms with E-state index < -0.39 is 46.1 Å². The van der Waals surface area contributed by atoms with E-state index in [1.165, 1.54) is 71.4 Å². The minimum absolute atomic E-state index is 0.0725. The van der Waals surface area contributed by atoms with E-state index in [4.69, 9.17) is 34.0 Å². The fourth-order valence-electron chi connectivity index (χ4n) is 8.64. The molecule has 10 aromatic rings. The fourth-order valence-corrected chi connectivity index (χ4v) is 8.64. The van der Waals surface area contributed by atoms with Crippen LogP contribution in [-0.2, 0) is 39.4 Å². The molecule has 0 aliphatic carbocycles. The number of nitrogens with zero attached hydrogens (tertiary/aromatic N) is 14. The smallest absolute Gasteiger partial charge is 0.322 e. The van der Waals surface area contributed by atoms with Crippen LogP contribution in [-0.4, -0.2) is 85.1 Å². The van der Waals surface area contributed by atoms with Gasteiger partial charge in [-0.2, -0.15) is 25.8 Å². The lowest BCUT2D eigenvalue weighted by atomic mass is 9.86. The zero-order chi connectivity index (χ0) is 60.8. The summed E-state index contributed by atoms with van der Waals surface area (Å²) >= 11 is 0. The quantitative estimate of drug-likeness (QED) is 0.0327. The summed E-state index contributed by atoms with van der Waals surface area (Å²) in [6.07, 6.45) is 3.15. The molecule has 0 saturated carbocycles. The maximum absolute atomic E-state index is 14.2. The Bertz CT molecular complexity index is 4330. The second-order valence-corrected chi connectivity index (χ2v) is 19.5. The first kappa shape index (κ1) is 59.0. The van der Waals surface area contributed by atoms with E-state index in [0.29, 0.717) is 61.2 Å². The van der Waals surface area contributed by atoms with Gasteiger partial charge in [0.15, 0.2) is 39.9 Å². The highest BCUT2D eigenvalue weighted by molar-refractivity contribution is 6.07. The summed E-state index contributed by atoms with van der Waals surface area (Å²) in [4.78, 5) is 47.2. The van der Waals surface area contributed by atoms with Crippen LogP contribution in [0.4, 0.5) is 38.0 Å². The molecule has 1 aliphatic rings. The van der Waals surface area contributed by atoms with Gasteiger partial charge >= 0.3 is 12.0 Å². The first-order valence-electron chi connectivity index (χ1n) is 24.9. The van der Waals surface area contributed by atoms with Crippen molar-refractivity contribution in [2.45, 2.75) is 58.8 Å². The number of nitrogen functional groups attached to an aromatic ring is 2. The molecular formula is C57H46F6N18O3. The molecule has 0 bridgehead atoms. The van der Waals surface area contributed by atoms with Gasteiger partial charge in [-0.1, -0.05) is 54.6 Å². The number of pyridine rings is 3. The highest BCUT2D eigenvalue weighted by Gasteiger charge is 2.44. The van der Waals surface area contributed by atoms with Gasteiger partial charge in [-0.3, -0.25) is 19.8 Å². The summed E-state index contributed by atoms with van der Waals surface area (Å²) in [7, 11) is 1.24. The van der Waals surface area contributed by atoms with Gasteiger partial charge in [-0.15, -0.1) is 0 Å². The molecule has 84 heavy (non-hydrogen) atoms. The number of rotatable bonds is 10. The zero-order valence-electron chi connectivity index (χ0n) is 45.0. The van der Waals surface area contributed by atoms with Gasteiger partial charge in [-0.25, -0.2) is 71.9 Å². The van der Waals surface area contributed by atoms with Crippen molar-refractivity contribution in [1.82, 2.24) is 54.3 Å². The molecule has 0 spiro atoms. The van der Waals surface area contributed by atoms with E-state index >= 15 is 0 Å². The Kier molecular flexibility index (Phi) is 17.1. The van der Waals surface area contributed by atoms with Crippen LogP contribution >= 0.6 is 0 Å². The third kappa shape index (κ3) is 12.1. The molecule has 0 fully saturated rings. The van der Waals surface area contributed by atoms with Crippen molar-refractivity contribution < 1.29 is 40.7 Å². The van der Waals surface area contributed by atoms with Crippen molar-refractivity contribution in [3.8, 4) is 23.7 Å². The normalized spacial score (nSPS) is 12.5. The van der Waals surface area contributed by atoms with E-state index in [2.05, 4.69) is 55.1 Å². The average molecular weight is 1150 g/mol. The molecular weight excluding hydrogens is 1100 g/mol. The van der Waals surface area contributed by atoms with Gasteiger partial charge in [0, 0.05) is 16.7 Å². The first-order valence-corrected chi connectivity index (χ1v) is 24.9. The number of amides is 1. The number of esters is 1. The fraction of sp³-hybridized carbons (Fsp3) is 0.193. The summed E-state index contributed by atoms with van der Waals surface area (Å²) in [5.74, 6) is -3.32. The predicted molar refractivity (Wildman–Crippen MR) is 294 cm³/mol. The van der Waals surface area contributed by atoms with E-state index in [-0.39, 0.29) is 71.7 Å². The van der Waals surface area contributed by atoms with Crippen LogP contribution in [0, 0.1) is 75.0 Å². The van der Waals surface area contributed by atoms with Gasteiger partial charge in [0.2, 0.25) is 5.91 Å². The molecule has 8 heterocycles. The number of benzene rings is 3. The molecule has 6 N–H and O–H groups in total. The number of aromatic nitrogens is 11. The van der Waals surface area contributed by atoms with Crippen LogP contribution < -0.4 is 16.8 Å². The largest absolute Gasteiger partial charge is 0.468 e. The van der Waals surface area contributed by atoms with E-state index in [9.17, 15) is 35.9 Å². The Morgan fingerprint density at radius 3 is 1.67 bits per heavy atom. The van der Waals surface area contributed by atoms with Crippen molar-refractivity contribution in [1.29, 1.82) is 15.9 Å². The number of amidine groups is 1. The number of hydrogen-bond acceptors (Lipinski definition) is 15. The number of ether oxygens (including phenoxy) is 1. The van der Waals surface area contributed by atoms with Crippen LogP contribution in [0.3, 0.4) is 0 Å². The maximum atomic E-state index is 14.2. The van der Waals surface area contributed by atoms with Gasteiger partial charge in [0.1, 0.15) is 69.8 Å². The van der Waals surface area contributed by atoms with Crippen LogP contribution in [0.1, 0.15) is 61.3 Å². The van der Waals surface area contributed by atoms with Crippen molar-refractivity contribution in [3.05, 3.63) is 190 Å². The number of nitrogens with two attached hydrogens (primary N) is 2. The third-order valence-corrected chi connectivity index (χ3v) is 13.1. The second kappa shape index (κ2) is 24.3. The molecule has 1 unspecified atom stereocenters. The number of halogens is 6. The zero-order valence-corrected chi connectivity index (χ0v) is 45.0. The molecule has 1 atom stereocenters. The molecule has 7 aromatic heterocycles. The van der Waals surface area contributed by atoms with Gasteiger partial charge in [-0.05, 0) is 64.1 Å². The minimum atomic E-state index is -1.05. The number of hydrogen-bond donors (Lipinski definition) is 4. The van der Waals surface area contributed by atoms with Crippen molar-refractivity contribution >= 4 is 62.4 Å². The van der Waals surface area contributed by atoms with Gasteiger partial charge in [0.05, 0.1) is 72.5 Å². The monoisotopic (exact) mass is 1140 g/mol. The van der Waals surface area contributed by atoms with Crippen LogP contribution in [0.2, 0.25) is 0 Å². The topological polar surface area (TPSA) is 301 Å². The lowest BCUT2D eigenvalue weighted by Crippen LogP contribution is -2.35. The second-order valence-electron chi connectivity index (χ2n) is 19.5. The highest BCUT2D eigenvalue weighted by Crippen LogP contribution is 2.41. The molecule has 1 amide bonds. The first-order chi connectivity index (χ1) is 40.0. The van der Waals surface area contributed by atoms with Crippen LogP contribution in [0.15, 0.2) is 110 Å². The molecule has 27 heteroatoms. The number of nitriles is 2. The number of fused-ring (bicyclic) bond motifs is 4. The van der Waals surface area contributed by atoms with Gasteiger partial charge < -0.3 is 21.5 Å². The molecule has 0 radical (unpaired) electrons. The van der Waals surface area contributed by atoms with E-state index in [1.807, 2.05) is 6.07 Å². The summed E-state index contributed by atoms with van der Waals surface area (Å²) < 4.78 is 90.8. The number of carbonyl (C=O) groups excluding carboxylic acids is 2. The van der Waals surface area contributed by atoms with Gasteiger partial charge in [0.25, 0.3) is 0 Å². The van der Waals surface area contributed by atoms with Crippen molar-refractivity contribution in [2.75, 3.05) is 18.2 Å². The molecule has 21 nitrogen and oxygen atoms in total.